The van der Waals surface area contributed by atoms with Gasteiger partial charge in [-0.15, -0.1) is 0 Å². The number of nitro groups is 2. The minimum atomic E-state index is -1.87. The van der Waals surface area contributed by atoms with Gasteiger partial charge in [-0.2, -0.15) is 0 Å². The lowest BCUT2D eigenvalue weighted by atomic mass is 9.53. The van der Waals surface area contributed by atoms with Gasteiger partial charge >= 0.3 is 0 Å². The van der Waals surface area contributed by atoms with E-state index >= 15 is 0 Å². The highest BCUT2D eigenvalue weighted by Crippen LogP contribution is 2.56. The molecule has 4 aliphatic heterocycles. The molecule has 4 atom stereocenters. The molecule has 4 rings (SSSR count). The van der Waals surface area contributed by atoms with E-state index in [2.05, 4.69) is 0 Å². The molecular weight excluding hydrogens is 380 g/mol. The minimum Gasteiger partial charge on any atom is -0.394 e. The fourth-order valence-electron chi connectivity index (χ4n) is 5.22. The summed E-state index contributed by atoms with van der Waals surface area (Å²) in [6, 6.07) is 0. The van der Waals surface area contributed by atoms with Crippen LogP contribution in [0.5, 0.6) is 0 Å². The maximum Gasteiger partial charge on any atom is 0.259 e. The molecule has 0 unspecified atom stereocenters. The van der Waals surface area contributed by atoms with Crippen LogP contribution in [0.25, 0.3) is 0 Å². The molecule has 4 aliphatic rings. The van der Waals surface area contributed by atoms with Crippen LogP contribution in [0.4, 0.5) is 0 Å². The van der Waals surface area contributed by atoms with Crippen LogP contribution in [0, 0.1) is 25.6 Å². The molecule has 4 heterocycles. The third-order valence-electron chi connectivity index (χ3n) is 7.22. The van der Waals surface area contributed by atoms with E-state index in [1.165, 1.54) is 23.6 Å². The van der Waals surface area contributed by atoms with Gasteiger partial charge in [-0.3, -0.25) is 30.0 Å². The zero-order valence-corrected chi connectivity index (χ0v) is 15.6. The molecule has 0 aliphatic carbocycles. The molecule has 13 heteroatoms. The van der Waals surface area contributed by atoms with E-state index in [1.54, 1.807) is 0 Å². The van der Waals surface area contributed by atoms with Gasteiger partial charge in [-0.1, -0.05) is 0 Å². The largest absolute Gasteiger partial charge is 0.394 e. The summed E-state index contributed by atoms with van der Waals surface area (Å²) >= 11 is 0. The molecule has 4 bridgehead atoms. The smallest absolute Gasteiger partial charge is 0.259 e. The molecule has 0 aromatic heterocycles. The molecular formula is C15H26N4O9. The number of piperidine rings is 2. The molecule has 4 fully saturated rings. The van der Waals surface area contributed by atoms with Crippen LogP contribution < -0.4 is 0 Å². The predicted molar refractivity (Wildman–Crippen MR) is 91.3 cm³/mol. The maximum atomic E-state index is 12.0. The van der Waals surface area contributed by atoms with Gasteiger partial charge < -0.3 is 25.5 Å². The lowest BCUT2D eigenvalue weighted by Gasteiger charge is -2.66. The molecule has 0 aromatic rings. The van der Waals surface area contributed by atoms with Gasteiger partial charge in [0.05, 0.1) is 39.0 Å². The molecule has 0 radical (unpaired) electrons. The first-order valence-electron chi connectivity index (χ1n) is 8.96. The van der Waals surface area contributed by atoms with Gasteiger partial charge in [-0.25, -0.2) is 0 Å². The minimum absolute atomic E-state index is 0.161. The van der Waals surface area contributed by atoms with E-state index in [4.69, 9.17) is 5.11 Å². The number of hydrogen-bond donors (Lipinski definition) is 5. The van der Waals surface area contributed by atoms with E-state index in [1.807, 2.05) is 0 Å². The summed E-state index contributed by atoms with van der Waals surface area (Å²) in [6.45, 7) is 1.57. The van der Waals surface area contributed by atoms with Gasteiger partial charge in [0.25, 0.3) is 11.1 Å². The highest BCUT2D eigenvalue weighted by atomic mass is 16.6. The van der Waals surface area contributed by atoms with Crippen molar-refractivity contribution >= 4 is 0 Å². The van der Waals surface area contributed by atoms with Crippen molar-refractivity contribution < 1.29 is 35.4 Å². The molecule has 5 N–H and O–H groups in total. The average Bonchev–Trinajstić information content (AvgIpc) is 2.62. The average molecular weight is 406 g/mol. The first-order valence-corrected chi connectivity index (χ1v) is 8.96. The van der Waals surface area contributed by atoms with Gasteiger partial charge in [0.2, 0.25) is 0 Å². The van der Waals surface area contributed by atoms with Crippen LogP contribution in [0.3, 0.4) is 0 Å². The highest BCUT2D eigenvalue weighted by Gasteiger charge is 2.82. The quantitative estimate of drug-likeness (QED) is 0.207. The first kappa shape index (κ1) is 21.2. The Morgan fingerprint density at radius 1 is 0.929 bits per heavy atom. The van der Waals surface area contributed by atoms with Crippen molar-refractivity contribution in [3.63, 3.8) is 0 Å². The Labute approximate surface area is 160 Å². The predicted octanol–water partition coefficient (Wildman–Crippen LogP) is -3.55. The lowest BCUT2D eigenvalue weighted by Crippen LogP contribution is -2.91. The molecule has 0 spiro atoms. The molecule has 160 valence electrons. The van der Waals surface area contributed by atoms with Crippen molar-refractivity contribution in [1.82, 2.24) is 9.80 Å². The Balaban J connectivity index is 1.97. The van der Waals surface area contributed by atoms with Crippen LogP contribution in [0.2, 0.25) is 0 Å². The fourth-order valence-corrected chi connectivity index (χ4v) is 5.22. The molecule has 0 amide bonds. The van der Waals surface area contributed by atoms with Crippen LogP contribution in [-0.2, 0) is 0 Å². The Hall–Kier alpha value is -1.48. The van der Waals surface area contributed by atoms with Gasteiger partial charge in [0.15, 0.2) is 0 Å². The molecule has 13 nitrogen and oxygen atoms in total. The van der Waals surface area contributed by atoms with E-state index < -0.39 is 63.5 Å². The highest BCUT2D eigenvalue weighted by molar-refractivity contribution is 5.22. The van der Waals surface area contributed by atoms with Gasteiger partial charge in [-0.05, 0) is 13.8 Å². The van der Waals surface area contributed by atoms with Crippen molar-refractivity contribution in [1.29, 1.82) is 0 Å². The molecule has 0 saturated carbocycles. The summed E-state index contributed by atoms with van der Waals surface area (Å²) in [5.41, 5.74) is -4.54. The number of aliphatic hydroxyl groups is 5. The Kier molecular flexibility index (Phi) is 4.94. The Morgan fingerprint density at radius 2 is 1.32 bits per heavy atom. The zero-order valence-electron chi connectivity index (χ0n) is 15.6. The summed E-state index contributed by atoms with van der Waals surface area (Å²) in [4.78, 5) is 25.8. The lowest BCUT2D eigenvalue weighted by molar-refractivity contribution is -0.679. The second kappa shape index (κ2) is 6.52. The number of nitrogens with zero attached hydrogens (tertiary/aromatic N) is 4. The van der Waals surface area contributed by atoms with Crippen molar-refractivity contribution in [2.24, 2.45) is 5.41 Å². The third kappa shape index (κ3) is 2.44. The summed E-state index contributed by atoms with van der Waals surface area (Å²) in [5.74, 6) is 0. The van der Waals surface area contributed by atoms with E-state index in [9.17, 15) is 40.7 Å². The van der Waals surface area contributed by atoms with Crippen LogP contribution in [0.15, 0.2) is 0 Å². The molecule has 0 aromatic carbocycles. The van der Waals surface area contributed by atoms with Crippen LogP contribution in [-0.4, -0.2) is 120 Å². The SMILES string of the molecule is CC1(C)C2([N+](=O)[O-])CN3CC1([N+](=O)[O-])CN(C2)C3[C@@H](O)[C@@H](O)[C@H](O)[C@H](O)CO. The van der Waals surface area contributed by atoms with Crippen molar-refractivity contribution in [3.05, 3.63) is 20.2 Å². The summed E-state index contributed by atoms with van der Waals surface area (Å²) < 4.78 is 0. The number of rotatable bonds is 7. The van der Waals surface area contributed by atoms with Gasteiger partial charge in [0, 0.05) is 9.85 Å². The Bertz CT molecular complexity index is 622. The molecule has 28 heavy (non-hydrogen) atoms. The standard InChI is InChI=1S/C15H26N4O9/c1-13(2)14(18(25)26)4-16-6-15(13,19(27)28)7-17(5-14)12(16)11(24)10(23)9(22)8(21)3-20/h8-12,20-24H,3-7H2,1-2H3/t8-,9-,10+,11+,12?,14?,15?/m1/s1. The third-order valence-corrected chi connectivity index (χ3v) is 7.22. The molecule has 4 saturated heterocycles. The maximum absolute atomic E-state index is 12.0. The monoisotopic (exact) mass is 406 g/mol. The topological polar surface area (TPSA) is 194 Å². The fraction of sp³-hybridized carbons (Fsp3) is 1.00. The first-order chi connectivity index (χ1) is 12.9. The second-order valence-corrected chi connectivity index (χ2v) is 8.65. The Morgan fingerprint density at radius 3 is 1.64 bits per heavy atom. The zero-order chi connectivity index (χ0) is 21.2. The van der Waals surface area contributed by atoms with Crippen LogP contribution >= 0.6 is 0 Å². The van der Waals surface area contributed by atoms with E-state index in [-0.39, 0.29) is 26.2 Å². The summed E-state index contributed by atoms with van der Waals surface area (Å²) in [7, 11) is 0. The number of aliphatic hydroxyl groups excluding tert-OH is 5. The second-order valence-electron chi connectivity index (χ2n) is 8.65. The summed E-state index contributed by atoms with van der Waals surface area (Å²) in [6.07, 6.45) is -8.10. The number of hydrogen-bond acceptors (Lipinski definition) is 11. The van der Waals surface area contributed by atoms with Crippen molar-refractivity contribution in [2.75, 3.05) is 32.8 Å². The normalized spacial score (nSPS) is 42.6. The summed E-state index contributed by atoms with van der Waals surface area (Å²) in [5, 5.41) is 73.2. The van der Waals surface area contributed by atoms with Crippen LogP contribution in [0.1, 0.15) is 13.8 Å². The van der Waals surface area contributed by atoms with E-state index in [0.29, 0.717) is 0 Å². The van der Waals surface area contributed by atoms with E-state index in [0.717, 1.165) is 0 Å². The van der Waals surface area contributed by atoms with Gasteiger partial charge in [0.1, 0.15) is 29.8 Å². The van der Waals surface area contributed by atoms with Crippen molar-refractivity contribution in [2.45, 2.75) is 55.5 Å². The van der Waals surface area contributed by atoms with Crippen molar-refractivity contribution in [3.8, 4) is 0 Å².